The third-order valence-electron chi connectivity index (χ3n) is 3.92. The third-order valence-corrected chi connectivity index (χ3v) is 5.18. The second-order valence-corrected chi connectivity index (χ2v) is 6.69. The van der Waals surface area contributed by atoms with Crippen molar-refractivity contribution < 1.29 is 5.11 Å². The van der Waals surface area contributed by atoms with Crippen molar-refractivity contribution in [1.29, 1.82) is 0 Å². The van der Waals surface area contributed by atoms with E-state index in [0.29, 0.717) is 0 Å². The molecule has 114 valence electrons. The Balaban J connectivity index is 2.31. The molecule has 1 nitrogen and oxygen atoms in total. The predicted octanol–water partition coefficient (Wildman–Crippen LogP) is 6.24. The molecule has 20 heavy (non-hydrogen) atoms. The molecule has 1 rings (SSSR count). The fraction of sp³-hybridized carbons (Fsp3) is 0.667. The van der Waals surface area contributed by atoms with E-state index in [1.807, 2.05) is 0 Å². The Hall–Kier alpha value is -0.340. The van der Waals surface area contributed by atoms with Crippen molar-refractivity contribution in [3.05, 3.63) is 33.3 Å². The van der Waals surface area contributed by atoms with Crippen LogP contribution in [0.4, 0.5) is 0 Å². The van der Waals surface area contributed by atoms with Gasteiger partial charge < -0.3 is 5.11 Å². The minimum absolute atomic E-state index is 0.309. The van der Waals surface area contributed by atoms with E-state index in [1.165, 1.54) is 49.7 Å². The van der Waals surface area contributed by atoms with Gasteiger partial charge in [-0.3, -0.25) is 0 Å². The summed E-state index contributed by atoms with van der Waals surface area (Å²) in [7, 11) is 0. The van der Waals surface area contributed by atoms with Gasteiger partial charge in [0.05, 0.1) is 6.10 Å². The summed E-state index contributed by atoms with van der Waals surface area (Å²) in [4.78, 5) is 0. The first kappa shape index (κ1) is 17.7. The minimum Gasteiger partial charge on any atom is -0.388 e. The summed E-state index contributed by atoms with van der Waals surface area (Å²) in [5.41, 5.74) is 3.48. The highest BCUT2D eigenvalue weighted by Crippen LogP contribution is 2.27. The summed E-state index contributed by atoms with van der Waals surface area (Å²) >= 11 is 3.57. The van der Waals surface area contributed by atoms with E-state index in [9.17, 15) is 5.11 Å². The van der Waals surface area contributed by atoms with E-state index in [0.717, 1.165) is 22.9 Å². The SMILES string of the molecule is CCCCCCCCCC(O)c1cc(C)c(Br)c(C)c1. The van der Waals surface area contributed by atoms with Crippen LogP contribution in [0, 0.1) is 13.8 Å². The molecule has 0 saturated carbocycles. The number of hydrogen-bond donors (Lipinski definition) is 1. The molecule has 0 fully saturated rings. The Bertz CT molecular complexity index is 377. The van der Waals surface area contributed by atoms with Crippen molar-refractivity contribution in [2.24, 2.45) is 0 Å². The van der Waals surface area contributed by atoms with Gasteiger partial charge in [0.15, 0.2) is 0 Å². The number of aryl methyl sites for hydroxylation is 2. The average molecular weight is 341 g/mol. The van der Waals surface area contributed by atoms with Crippen molar-refractivity contribution in [3.63, 3.8) is 0 Å². The monoisotopic (exact) mass is 340 g/mol. The molecule has 1 aromatic rings. The van der Waals surface area contributed by atoms with Crippen LogP contribution >= 0.6 is 15.9 Å². The molecule has 0 amide bonds. The minimum atomic E-state index is -0.309. The Morgan fingerprint density at radius 3 is 2.00 bits per heavy atom. The molecule has 0 heterocycles. The average Bonchev–Trinajstić information content (AvgIpc) is 2.43. The van der Waals surface area contributed by atoms with E-state index in [4.69, 9.17) is 0 Å². The van der Waals surface area contributed by atoms with Gasteiger partial charge in [0, 0.05) is 4.47 Å². The van der Waals surface area contributed by atoms with E-state index in [2.05, 4.69) is 48.8 Å². The number of unbranched alkanes of at least 4 members (excludes halogenated alkanes) is 6. The molecule has 0 aliphatic carbocycles. The highest BCUT2D eigenvalue weighted by Gasteiger charge is 2.10. The number of halogens is 1. The van der Waals surface area contributed by atoms with Crippen molar-refractivity contribution in [2.75, 3.05) is 0 Å². The summed E-state index contributed by atoms with van der Waals surface area (Å²) < 4.78 is 1.16. The highest BCUT2D eigenvalue weighted by molar-refractivity contribution is 9.10. The molecule has 2 heteroatoms. The van der Waals surface area contributed by atoms with E-state index in [1.54, 1.807) is 0 Å². The van der Waals surface area contributed by atoms with E-state index < -0.39 is 0 Å². The normalized spacial score (nSPS) is 12.7. The van der Waals surface area contributed by atoms with Crippen molar-refractivity contribution in [1.82, 2.24) is 0 Å². The van der Waals surface area contributed by atoms with Gasteiger partial charge in [-0.1, -0.05) is 79.9 Å². The largest absolute Gasteiger partial charge is 0.388 e. The Labute approximate surface area is 132 Å². The molecular formula is C18H29BrO. The second kappa shape index (κ2) is 9.57. The van der Waals surface area contributed by atoms with Gasteiger partial charge >= 0.3 is 0 Å². The van der Waals surface area contributed by atoms with Crippen LogP contribution in [0.15, 0.2) is 16.6 Å². The fourth-order valence-corrected chi connectivity index (χ4v) is 2.86. The molecule has 0 radical (unpaired) electrons. The lowest BCUT2D eigenvalue weighted by atomic mass is 9.98. The predicted molar refractivity (Wildman–Crippen MR) is 91.2 cm³/mol. The number of rotatable bonds is 9. The number of hydrogen-bond acceptors (Lipinski definition) is 1. The van der Waals surface area contributed by atoms with Gasteiger partial charge in [0.2, 0.25) is 0 Å². The Morgan fingerprint density at radius 2 is 1.45 bits per heavy atom. The van der Waals surface area contributed by atoms with Gasteiger partial charge in [0.25, 0.3) is 0 Å². The van der Waals surface area contributed by atoms with Crippen LogP contribution < -0.4 is 0 Å². The van der Waals surface area contributed by atoms with Gasteiger partial charge in [-0.15, -0.1) is 0 Å². The number of aliphatic hydroxyl groups is 1. The summed E-state index contributed by atoms with van der Waals surface area (Å²) in [5.74, 6) is 0. The van der Waals surface area contributed by atoms with Gasteiger partial charge in [-0.2, -0.15) is 0 Å². The van der Waals surface area contributed by atoms with Gasteiger partial charge in [-0.25, -0.2) is 0 Å². The fourth-order valence-electron chi connectivity index (χ4n) is 2.63. The van der Waals surface area contributed by atoms with Crippen LogP contribution in [0.3, 0.4) is 0 Å². The molecule has 1 N–H and O–H groups in total. The molecule has 1 unspecified atom stereocenters. The Morgan fingerprint density at radius 1 is 0.950 bits per heavy atom. The zero-order valence-corrected chi connectivity index (χ0v) is 14.8. The lowest BCUT2D eigenvalue weighted by molar-refractivity contribution is 0.163. The Kier molecular flexibility index (Phi) is 8.47. The maximum Gasteiger partial charge on any atom is 0.0790 e. The topological polar surface area (TPSA) is 20.2 Å². The second-order valence-electron chi connectivity index (χ2n) is 5.89. The standard InChI is InChI=1S/C18H29BrO/c1-4-5-6-7-8-9-10-11-17(20)16-12-14(2)18(19)15(3)13-16/h12-13,17,20H,4-11H2,1-3H3. The van der Waals surface area contributed by atoms with Crippen molar-refractivity contribution >= 4 is 15.9 Å². The first-order chi connectivity index (χ1) is 9.56. The molecule has 1 atom stereocenters. The maximum absolute atomic E-state index is 10.3. The smallest absolute Gasteiger partial charge is 0.0790 e. The molecule has 0 bridgehead atoms. The molecule has 0 aliphatic heterocycles. The number of benzene rings is 1. The van der Waals surface area contributed by atoms with Crippen molar-refractivity contribution in [2.45, 2.75) is 78.2 Å². The van der Waals surface area contributed by atoms with Crippen LogP contribution in [0.5, 0.6) is 0 Å². The van der Waals surface area contributed by atoms with Crippen LogP contribution in [-0.4, -0.2) is 5.11 Å². The summed E-state index contributed by atoms with van der Waals surface area (Å²) in [5, 5.41) is 10.3. The van der Waals surface area contributed by atoms with Crippen LogP contribution in [0.1, 0.15) is 81.1 Å². The third kappa shape index (κ3) is 5.97. The van der Waals surface area contributed by atoms with Crippen LogP contribution in [0.25, 0.3) is 0 Å². The molecule has 1 aromatic carbocycles. The van der Waals surface area contributed by atoms with Gasteiger partial charge in [0.1, 0.15) is 0 Å². The number of aliphatic hydroxyl groups excluding tert-OH is 1. The quantitative estimate of drug-likeness (QED) is 0.527. The molecule has 0 aromatic heterocycles. The van der Waals surface area contributed by atoms with Crippen LogP contribution in [-0.2, 0) is 0 Å². The molecular weight excluding hydrogens is 312 g/mol. The zero-order chi connectivity index (χ0) is 15.0. The summed E-state index contributed by atoms with van der Waals surface area (Å²) in [6, 6.07) is 4.20. The lowest BCUT2D eigenvalue weighted by Gasteiger charge is -2.14. The molecule has 0 saturated heterocycles. The van der Waals surface area contributed by atoms with E-state index >= 15 is 0 Å². The summed E-state index contributed by atoms with van der Waals surface area (Å²) in [6.45, 7) is 6.42. The lowest BCUT2D eigenvalue weighted by Crippen LogP contribution is -1.99. The maximum atomic E-state index is 10.3. The van der Waals surface area contributed by atoms with Crippen LogP contribution in [0.2, 0.25) is 0 Å². The molecule has 0 aliphatic rings. The van der Waals surface area contributed by atoms with E-state index in [-0.39, 0.29) is 6.10 Å². The first-order valence-electron chi connectivity index (χ1n) is 8.01. The first-order valence-corrected chi connectivity index (χ1v) is 8.80. The highest BCUT2D eigenvalue weighted by atomic mass is 79.9. The summed E-state index contributed by atoms with van der Waals surface area (Å²) in [6.07, 6.45) is 9.64. The van der Waals surface area contributed by atoms with Gasteiger partial charge in [-0.05, 0) is 37.0 Å². The van der Waals surface area contributed by atoms with Crippen molar-refractivity contribution in [3.8, 4) is 0 Å². The zero-order valence-electron chi connectivity index (χ0n) is 13.2. The molecule has 0 spiro atoms.